The van der Waals surface area contributed by atoms with Crippen molar-refractivity contribution in [3.63, 3.8) is 0 Å². The maximum absolute atomic E-state index is 11.7. The van der Waals surface area contributed by atoms with E-state index in [0.29, 0.717) is 12.3 Å². The number of carbonyl (C=O) groups excluding carboxylic acids is 1. The van der Waals surface area contributed by atoms with Crippen LogP contribution in [0.2, 0.25) is 0 Å². The molecule has 2 saturated carbocycles. The fourth-order valence-corrected chi connectivity index (χ4v) is 2.99. The number of ether oxygens (including phenoxy) is 1. The summed E-state index contributed by atoms with van der Waals surface area (Å²) < 4.78 is 5.29. The average Bonchev–Trinajstić information content (AvgIpc) is 2.89. The van der Waals surface area contributed by atoms with Crippen molar-refractivity contribution in [1.82, 2.24) is 0 Å². The van der Waals surface area contributed by atoms with Crippen LogP contribution >= 0.6 is 0 Å². The molecule has 0 aromatic rings. The third-order valence-corrected chi connectivity index (χ3v) is 4.43. The Bertz CT molecular complexity index is 343. The van der Waals surface area contributed by atoms with Crippen LogP contribution in [0.4, 0.5) is 0 Å². The van der Waals surface area contributed by atoms with Gasteiger partial charge in [-0.25, -0.2) is 4.79 Å². The Morgan fingerprint density at radius 2 is 2.00 bits per heavy atom. The minimum atomic E-state index is -1.18. The van der Waals surface area contributed by atoms with Crippen molar-refractivity contribution in [3.05, 3.63) is 0 Å². The lowest BCUT2D eigenvalue weighted by molar-refractivity contribution is -0.180. The van der Waals surface area contributed by atoms with E-state index in [4.69, 9.17) is 4.74 Å². The summed E-state index contributed by atoms with van der Waals surface area (Å²) in [5.41, 5.74) is -1.18. The van der Waals surface area contributed by atoms with Crippen LogP contribution in [0.25, 0.3) is 0 Å². The highest BCUT2D eigenvalue weighted by atomic mass is 16.6. The first-order valence-corrected chi connectivity index (χ1v) is 6.10. The van der Waals surface area contributed by atoms with E-state index in [1.165, 1.54) is 0 Å². The van der Waals surface area contributed by atoms with Gasteiger partial charge in [-0.15, -0.1) is 0 Å². The predicted molar refractivity (Wildman–Crippen MR) is 54.6 cm³/mol. The van der Waals surface area contributed by atoms with Crippen molar-refractivity contribution >= 4 is 11.9 Å². The summed E-state index contributed by atoms with van der Waals surface area (Å²) in [5, 5.41) is 9.36. The summed E-state index contributed by atoms with van der Waals surface area (Å²) in [6.07, 6.45) is 5.36. The quantitative estimate of drug-likeness (QED) is 0.739. The predicted octanol–water partition coefficient (Wildman–Crippen LogP) is 1.58. The van der Waals surface area contributed by atoms with Crippen molar-refractivity contribution in [3.8, 4) is 0 Å². The lowest BCUT2D eigenvalue weighted by atomic mass is 9.70. The third-order valence-electron chi connectivity index (χ3n) is 4.43. The van der Waals surface area contributed by atoms with E-state index < -0.39 is 11.6 Å². The largest absolute Gasteiger partial charge is 0.478 e. The molecule has 1 aliphatic heterocycles. The second kappa shape index (κ2) is 3.22. The van der Waals surface area contributed by atoms with E-state index in [9.17, 15) is 14.7 Å². The third kappa shape index (κ3) is 1.28. The molecule has 16 heavy (non-hydrogen) atoms. The molecule has 0 spiro atoms. The highest BCUT2D eigenvalue weighted by molar-refractivity contribution is 5.87. The molecule has 1 heterocycles. The van der Waals surface area contributed by atoms with Crippen LogP contribution in [0.15, 0.2) is 0 Å². The van der Waals surface area contributed by atoms with Gasteiger partial charge in [-0.1, -0.05) is 6.42 Å². The number of esters is 1. The summed E-state index contributed by atoms with van der Waals surface area (Å²) in [6.45, 7) is 0. The van der Waals surface area contributed by atoms with Crippen molar-refractivity contribution < 1.29 is 19.4 Å². The number of carboxylic acid groups (broad SMARTS) is 1. The van der Waals surface area contributed by atoms with Gasteiger partial charge in [0.1, 0.15) is 0 Å². The van der Waals surface area contributed by atoms with Crippen molar-refractivity contribution in [2.24, 2.45) is 17.8 Å². The molecule has 2 aliphatic carbocycles. The van der Waals surface area contributed by atoms with Gasteiger partial charge in [0.2, 0.25) is 5.60 Å². The Labute approximate surface area is 94.0 Å². The maximum Gasteiger partial charge on any atom is 0.348 e. The standard InChI is InChI=1S/C12H16O4/c13-10-9(7-4-5-7)6-12(16-10,11(14)15)8-2-1-3-8/h7-9H,1-6H2,(H,14,15). The van der Waals surface area contributed by atoms with E-state index in [2.05, 4.69) is 0 Å². The Hall–Kier alpha value is -1.06. The van der Waals surface area contributed by atoms with Gasteiger partial charge in [-0.2, -0.15) is 0 Å². The Morgan fingerprint density at radius 1 is 1.31 bits per heavy atom. The fourth-order valence-electron chi connectivity index (χ4n) is 2.99. The molecular formula is C12H16O4. The molecule has 4 nitrogen and oxygen atoms in total. The van der Waals surface area contributed by atoms with Crippen LogP contribution in [0.1, 0.15) is 38.5 Å². The number of carbonyl (C=O) groups is 2. The lowest BCUT2D eigenvalue weighted by Crippen LogP contribution is -2.48. The summed E-state index contributed by atoms with van der Waals surface area (Å²) >= 11 is 0. The van der Waals surface area contributed by atoms with E-state index in [1.807, 2.05) is 0 Å². The Kier molecular flexibility index (Phi) is 2.03. The van der Waals surface area contributed by atoms with Gasteiger partial charge in [0.05, 0.1) is 5.92 Å². The first kappa shape index (κ1) is 10.1. The highest BCUT2D eigenvalue weighted by Crippen LogP contribution is 2.52. The SMILES string of the molecule is O=C1OC(C(=O)O)(C2CCC2)CC1C1CC1. The zero-order chi connectivity index (χ0) is 11.3. The molecular weight excluding hydrogens is 208 g/mol. The van der Waals surface area contributed by atoms with E-state index in [1.54, 1.807) is 0 Å². The molecule has 2 atom stereocenters. The molecule has 88 valence electrons. The molecule has 3 fully saturated rings. The molecule has 1 saturated heterocycles. The number of hydrogen-bond acceptors (Lipinski definition) is 3. The molecule has 0 radical (unpaired) electrons. The zero-order valence-electron chi connectivity index (χ0n) is 9.15. The second-order valence-corrected chi connectivity index (χ2v) is 5.39. The molecule has 0 aromatic carbocycles. The van der Waals surface area contributed by atoms with Gasteiger partial charge in [0.15, 0.2) is 0 Å². The highest BCUT2D eigenvalue weighted by Gasteiger charge is 2.60. The molecule has 0 amide bonds. The van der Waals surface area contributed by atoms with Crippen molar-refractivity contribution in [2.45, 2.75) is 44.1 Å². The molecule has 2 unspecified atom stereocenters. The zero-order valence-corrected chi connectivity index (χ0v) is 9.15. The van der Waals surface area contributed by atoms with Gasteiger partial charge >= 0.3 is 11.9 Å². The van der Waals surface area contributed by atoms with Crippen molar-refractivity contribution in [1.29, 1.82) is 0 Å². The summed E-state index contributed by atoms with van der Waals surface area (Å²) in [5.74, 6) is -0.895. The number of aliphatic carboxylic acids is 1. The van der Waals surface area contributed by atoms with Gasteiger partial charge in [0.25, 0.3) is 0 Å². The first-order chi connectivity index (χ1) is 7.63. The summed E-state index contributed by atoms with van der Waals surface area (Å²) in [6, 6.07) is 0. The lowest BCUT2D eigenvalue weighted by Gasteiger charge is -2.37. The van der Waals surface area contributed by atoms with Gasteiger partial charge in [-0.05, 0) is 31.6 Å². The monoisotopic (exact) mass is 224 g/mol. The molecule has 1 N–H and O–H groups in total. The van der Waals surface area contributed by atoms with Gasteiger partial charge in [0, 0.05) is 12.3 Å². The van der Waals surface area contributed by atoms with Gasteiger partial charge in [-0.3, -0.25) is 4.79 Å². The van der Waals surface area contributed by atoms with E-state index in [0.717, 1.165) is 32.1 Å². The number of carboxylic acids is 1. The number of rotatable bonds is 3. The van der Waals surface area contributed by atoms with Crippen molar-refractivity contribution in [2.75, 3.05) is 0 Å². The molecule has 4 heteroatoms. The van der Waals surface area contributed by atoms with E-state index in [-0.39, 0.29) is 17.8 Å². The Morgan fingerprint density at radius 3 is 2.44 bits per heavy atom. The first-order valence-electron chi connectivity index (χ1n) is 6.10. The van der Waals surface area contributed by atoms with Crippen LogP contribution in [0, 0.1) is 17.8 Å². The second-order valence-electron chi connectivity index (χ2n) is 5.39. The maximum atomic E-state index is 11.7. The summed E-state index contributed by atoms with van der Waals surface area (Å²) in [7, 11) is 0. The van der Waals surface area contributed by atoms with Crippen LogP contribution in [0.3, 0.4) is 0 Å². The molecule has 0 bridgehead atoms. The fraction of sp³-hybridized carbons (Fsp3) is 0.833. The Balaban J connectivity index is 1.84. The van der Waals surface area contributed by atoms with E-state index >= 15 is 0 Å². The normalized spacial score (nSPS) is 39.2. The molecule has 3 aliphatic rings. The van der Waals surface area contributed by atoms with Crippen LogP contribution in [0.5, 0.6) is 0 Å². The number of hydrogen-bond donors (Lipinski definition) is 1. The molecule has 0 aromatic heterocycles. The minimum Gasteiger partial charge on any atom is -0.478 e. The number of cyclic esters (lactones) is 1. The molecule has 3 rings (SSSR count). The smallest absolute Gasteiger partial charge is 0.348 e. The topological polar surface area (TPSA) is 63.6 Å². The summed E-state index contributed by atoms with van der Waals surface area (Å²) in [4.78, 5) is 23.1. The van der Waals surface area contributed by atoms with Crippen LogP contribution in [-0.2, 0) is 14.3 Å². The minimum absolute atomic E-state index is 0.0534. The van der Waals surface area contributed by atoms with Crippen LogP contribution < -0.4 is 0 Å². The average molecular weight is 224 g/mol. The van der Waals surface area contributed by atoms with Gasteiger partial charge < -0.3 is 9.84 Å². The van der Waals surface area contributed by atoms with Crippen LogP contribution in [-0.4, -0.2) is 22.6 Å².